The van der Waals surface area contributed by atoms with Crippen molar-refractivity contribution in [2.45, 2.75) is 38.0 Å². The van der Waals surface area contributed by atoms with E-state index in [1.165, 1.54) is 0 Å². The highest BCUT2D eigenvalue weighted by Crippen LogP contribution is 2.33. The Bertz CT molecular complexity index is 757. The second kappa shape index (κ2) is 8.22. The summed E-state index contributed by atoms with van der Waals surface area (Å²) in [5, 5.41) is 4.29. The van der Waals surface area contributed by atoms with Gasteiger partial charge in [0, 0.05) is 44.4 Å². The highest BCUT2D eigenvalue weighted by molar-refractivity contribution is 5.70. The Labute approximate surface area is 165 Å². The van der Waals surface area contributed by atoms with Crippen molar-refractivity contribution >= 4 is 6.09 Å². The monoisotopic (exact) mass is 384 g/mol. The third-order valence-electron chi connectivity index (χ3n) is 5.76. The fourth-order valence-electron chi connectivity index (χ4n) is 4.08. The molecule has 1 amide bonds. The fraction of sp³-hybridized carbons (Fsp3) is 0.524. The molecule has 150 valence electrons. The molecule has 0 bridgehead atoms. The maximum atomic E-state index is 12.3. The predicted molar refractivity (Wildman–Crippen MR) is 105 cm³/mol. The first-order valence-corrected chi connectivity index (χ1v) is 10.0. The minimum absolute atomic E-state index is 0.213. The van der Waals surface area contributed by atoms with Gasteiger partial charge < -0.3 is 14.4 Å². The van der Waals surface area contributed by atoms with Gasteiger partial charge in [0.15, 0.2) is 0 Å². The van der Waals surface area contributed by atoms with Crippen molar-refractivity contribution in [3.8, 4) is 5.75 Å². The maximum absolute atomic E-state index is 12.3. The van der Waals surface area contributed by atoms with Crippen LogP contribution in [0.5, 0.6) is 5.75 Å². The Kier molecular flexibility index (Phi) is 5.52. The standard InChI is InChI=1S/C21H28N4O3/c1-18(16-25-11-5-10-22-25)23-12-8-21(9-13-23)17-24(20(26)28-21)14-15-27-19-6-3-2-4-7-19/h2-7,10-11,18H,8-9,12-17H2,1H3/t18-/m0/s1. The van der Waals surface area contributed by atoms with Crippen LogP contribution >= 0.6 is 0 Å². The van der Waals surface area contributed by atoms with E-state index in [1.807, 2.05) is 53.5 Å². The molecular weight excluding hydrogens is 356 g/mol. The highest BCUT2D eigenvalue weighted by Gasteiger charge is 2.47. The van der Waals surface area contributed by atoms with E-state index >= 15 is 0 Å². The first kappa shape index (κ1) is 18.8. The van der Waals surface area contributed by atoms with E-state index in [0.29, 0.717) is 25.7 Å². The molecule has 2 aromatic rings. The number of aromatic nitrogens is 2. The first-order valence-electron chi connectivity index (χ1n) is 10.0. The van der Waals surface area contributed by atoms with Gasteiger partial charge in [0.2, 0.25) is 0 Å². The lowest BCUT2D eigenvalue weighted by Crippen LogP contribution is -2.50. The van der Waals surface area contributed by atoms with E-state index in [-0.39, 0.29) is 11.7 Å². The van der Waals surface area contributed by atoms with Crippen LogP contribution in [0.1, 0.15) is 19.8 Å². The fourth-order valence-corrected chi connectivity index (χ4v) is 4.08. The normalized spacial score (nSPS) is 20.3. The van der Waals surface area contributed by atoms with Crippen LogP contribution in [0.25, 0.3) is 0 Å². The van der Waals surface area contributed by atoms with Gasteiger partial charge in [0.05, 0.1) is 19.6 Å². The number of benzene rings is 1. The lowest BCUT2D eigenvalue weighted by atomic mass is 9.90. The lowest BCUT2D eigenvalue weighted by Gasteiger charge is -2.40. The summed E-state index contributed by atoms with van der Waals surface area (Å²) >= 11 is 0. The van der Waals surface area contributed by atoms with Crippen molar-refractivity contribution in [3.05, 3.63) is 48.8 Å². The van der Waals surface area contributed by atoms with Crippen LogP contribution in [0.3, 0.4) is 0 Å². The van der Waals surface area contributed by atoms with Crippen molar-refractivity contribution in [2.24, 2.45) is 0 Å². The number of amides is 1. The van der Waals surface area contributed by atoms with Gasteiger partial charge in [0.25, 0.3) is 0 Å². The molecule has 0 unspecified atom stereocenters. The summed E-state index contributed by atoms with van der Waals surface area (Å²) in [5.41, 5.74) is -0.342. The van der Waals surface area contributed by atoms with Crippen LogP contribution in [0.2, 0.25) is 0 Å². The Hall–Kier alpha value is -2.54. The van der Waals surface area contributed by atoms with Crippen LogP contribution in [0.4, 0.5) is 4.79 Å². The molecule has 1 aromatic heterocycles. The number of hydrogen-bond acceptors (Lipinski definition) is 5. The summed E-state index contributed by atoms with van der Waals surface area (Å²) in [7, 11) is 0. The average molecular weight is 384 g/mol. The van der Waals surface area contributed by atoms with Gasteiger partial charge in [-0.2, -0.15) is 5.10 Å². The van der Waals surface area contributed by atoms with E-state index in [0.717, 1.165) is 38.2 Å². The second-order valence-corrected chi connectivity index (χ2v) is 7.75. The van der Waals surface area contributed by atoms with Gasteiger partial charge in [-0.05, 0) is 25.1 Å². The largest absolute Gasteiger partial charge is 0.492 e. The number of rotatable bonds is 7. The highest BCUT2D eigenvalue weighted by atomic mass is 16.6. The molecule has 0 radical (unpaired) electrons. The average Bonchev–Trinajstić information content (AvgIpc) is 3.31. The molecule has 4 rings (SSSR count). The Morgan fingerprint density at radius 3 is 2.71 bits per heavy atom. The van der Waals surface area contributed by atoms with Crippen molar-refractivity contribution in [3.63, 3.8) is 0 Å². The summed E-state index contributed by atoms with van der Waals surface area (Å²) in [6.45, 7) is 6.66. The van der Waals surface area contributed by atoms with Crippen molar-refractivity contribution in [1.82, 2.24) is 19.6 Å². The van der Waals surface area contributed by atoms with Gasteiger partial charge in [0.1, 0.15) is 18.0 Å². The smallest absolute Gasteiger partial charge is 0.410 e. The molecule has 28 heavy (non-hydrogen) atoms. The number of para-hydroxylation sites is 1. The van der Waals surface area contributed by atoms with Crippen molar-refractivity contribution in [2.75, 3.05) is 32.8 Å². The third-order valence-corrected chi connectivity index (χ3v) is 5.76. The van der Waals surface area contributed by atoms with Crippen LogP contribution in [-0.2, 0) is 11.3 Å². The first-order chi connectivity index (χ1) is 13.6. The molecule has 7 heteroatoms. The van der Waals surface area contributed by atoms with E-state index in [9.17, 15) is 4.79 Å². The molecule has 0 saturated carbocycles. The molecule has 2 aliphatic heterocycles. The molecule has 2 fully saturated rings. The van der Waals surface area contributed by atoms with Crippen LogP contribution in [0.15, 0.2) is 48.8 Å². The van der Waals surface area contributed by atoms with E-state index < -0.39 is 0 Å². The Balaban J connectivity index is 1.24. The predicted octanol–water partition coefficient (Wildman–Crippen LogP) is 2.64. The SMILES string of the molecule is C[C@@H](Cn1cccn1)N1CCC2(CC1)CN(CCOc1ccccc1)C(=O)O2. The van der Waals surface area contributed by atoms with Crippen LogP contribution in [-0.4, -0.2) is 70.1 Å². The maximum Gasteiger partial charge on any atom is 0.410 e. The summed E-state index contributed by atoms with van der Waals surface area (Å²) in [6.07, 6.45) is 5.34. The summed E-state index contributed by atoms with van der Waals surface area (Å²) in [4.78, 5) is 16.6. The minimum Gasteiger partial charge on any atom is -0.492 e. The summed E-state index contributed by atoms with van der Waals surface area (Å²) in [5.74, 6) is 0.823. The molecule has 3 heterocycles. The van der Waals surface area contributed by atoms with Gasteiger partial charge in [-0.15, -0.1) is 0 Å². The van der Waals surface area contributed by atoms with Gasteiger partial charge in [-0.1, -0.05) is 18.2 Å². The van der Waals surface area contributed by atoms with Gasteiger partial charge >= 0.3 is 6.09 Å². The summed E-state index contributed by atoms with van der Waals surface area (Å²) < 4.78 is 13.5. The number of hydrogen-bond donors (Lipinski definition) is 0. The quantitative estimate of drug-likeness (QED) is 0.734. The topological polar surface area (TPSA) is 59.8 Å². The molecule has 0 N–H and O–H groups in total. The lowest BCUT2D eigenvalue weighted by molar-refractivity contribution is -0.0102. The summed E-state index contributed by atoms with van der Waals surface area (Å²) in [6, 6.07) is 12.0. The zero-order valence-electron chi connectivity index (χ0n) is 16.4. The molecule has 7 nitrogen and oxygen atoms in total. The molecule has 1 aromatic carbocycles. The molecule has 1 atom stereocenters. The van der Waals surface area contributed by atoms with Crippen molar-refractivity contribution < 1.29 is 14.3 Å². The van der Waals surface area contributed by atoms with Crippen LogP contribution in [0, 0.1) is 0 Å². The number of ether oxygens (including phenoxy) is 2. The molecule has 1 spiro atoms. The Morgan fingerprint density at radius 1 is 1.21 bits per heavy atom. The minimum atomic E-state index is -0.342. The van der Waals surface area contributed by atoms with Gasteiger partial charge in [-0.3, -0.25) is 9.58 Å². The molecule has 2 aliphatic rings. The van der Waals surface area contributed by atoms with E-state index in [2.05, 4.69) is 16.9 Å². The molecule has 0 aliphatic carbocycles. The number of carbonyl (C=O) groups excluding carboxylic acids is 1. The van der Waals surface area contributed by atoms with E-state index in [1.54, 1.807) is 4.90 Å². The van der Waals surface area contributed by atoms with Crippen LogP contribution < -0.4 is 4.74 Å². The second-order valence-electron chi connectivity index (χ2n) is 7.75. The van der Waals surface area contributed by atoms with Gasteiger partial charge in [-0.25, -0.2) is 4.79 Å². The zero-order valence-corrected chi connectivity index (χ0v) is 16.4. The molecular formula is C21H28N4O3. The number of nitrogens with zero attached hydrogens (tertiary/aromatic N) is 4. The Morgan fingerprint density at radius 2 is 2.00 bits per heavy atom. The third kappa shape index (κ3) is 4.30. The number of likely N-dealkylation sites (tertiary alicyclic amines) is 1. The zero-order chi connectivity index (χ0) is 19.4. The molecule has 2 saturated heterocycles. The van der Waals surface area contributed by atoms with E-state index in [4.69, 9.17) is 9.47 Å². The number of piperidine rings is 1. The van der Waals surface area contributed by atoms with Crippen molar-refractivity contribution in [1.29, 1.82) is 0 Å². The number of carbonyl (C=O) groups is 1.